The lowest BCUT2D eigenvalue weighted by Crippen LogP contribution is -2.60. The number of benzene rings is 1. The third-order valence-electron chi connectivity index (χ3n) is 5.10. The molecule has 0 aliphatic carbocycles. The van der Waals surface area contributed by atoms with Crippen LogP contribution in [0.25, 0.3) is 0 Å². The van der Waals surface area contributed by atoms with Crippen LogP contribution in [0.5, 0.6) is 5.75 Å². The van der Waals surface area contributed by atoms with Gasteiger partial charge in [-0.2, -0.15) is 0 Å². The van der Waals surface area contributed by atoms with Crippen molar-refractivity contribution in [3.8, 4) is 5.75 Å². The number of aromatic hydroxyl groups is 1. The van der Waals surface area contributed by atoms with Crippen molar-refractivity contribution in [2.75, 3.05) is 0 Å². The number of carboxylic acids is 2. The van der Waals surface area contributed by atoms with Gasteiger partial charge in [0.1, 0.15) is 23.9 Å². The number of aliphatic carboxylic acids is 2. The second kappa shape index (κ2) is 14.4. The molecule has 0 bridgehead atoms. The van der Waals surface area contributed by atoms with Gasteiger partial charge in [0.15, 0.2) is 0 Å². The van der Waals surface area contributed by atoms with E-state index in [1.165, 1.54) is 24.3 Å². The minimum atomic E-state index is -1.67. The van der Waals surface area contributed by atoms with Crippen LogP contribution in [0.4, 0.5) is 0 Å². The SMILES string of the molecule is CC(O)C(NC(=O)C(CCC(N)=O)NC(=O)C(N)CC(=O)O)C(=O)NC(Cc1ccc(O)cc1)C(=O)O. The highest BCUT2D eigenvalue weighted by atomic mass is 16.4. The summed E-state index contributed by atoms with van der Waals surface area (Å²) in [5, 5.41) is 44.3. The summed E-state index contributed by atoms with van der Waals surface area (Å²) in [4.78, 5) is 71.5. The molecule has 204 valence electrons. The summed E-state index contributed by atoms with van der Waals surface area (Å²) in [6, 6.07) is -0.576. The first-order chi connectivity index (χ1) is 17.2. The molecule has 0 saturated heterocycles. The van der Waals surface area contributed by atoms with Crippen LogP contribution in [0.1, 0.15) is 31.7 Å². The molecule has 0 aromatic heterocycles. The summed E-state index contributed by atoms with van der Waals surface area (Å²) in [5.41, 5.74) is 11.0. The van der Waals surface area contributed by atoms with Crippen molar-refractivity contribution >= 4 is 35.6 Å². The second-order valence-corrected chi connectivity index (χ2v) is 8.27. The van der Waals surface area contributed by atoms with E-state index in [0.29, 0.717) is 5.56 Å². The standard InChI is InChI=1S/C22H31N5O10/c1-10(28)18(21(35)26-15(22(36)37)8-11-2-4-12(29)5-3-11)27-20(34)14(6-7-16(24)30)25-19(33)13(23)9-17(31)32/h2-5,10,13-15,18,28-29H,6-9,23H2,1H3,(H2,24,30)(H,25,33)(H,26,35)(H,27,34)(H,31,32)(H,36,37). The highest BCUT2D eigenvalue weighted by molar-refractivity contribution is 5.95. The number of carboxylic acid groups (broad SMARTS) is 2. The Kier molecular flexibility index (Phi) is 11.9. The predicted molar refractivity (Wildman–Crippen MR) is 126 cm³/mol. The first-order valence-electron chi connectivity index (χ1n) is 11.1. The average Bonchev–Trinajstić information content (AvgIpc) is 2.79. The number of aliphatic hydroxyl groups is 1. The molecule has 0 aliphatic rings. The van der Waals surface area contributed by atoms with Crippen molar-refractivity contribution in [2.24, 2.45) is 11.5 Å². The molecule has 11 N–H and O–H groups in total. The van der Waals surface area contributed by atoms with Gasteiger partial charge in [-0.1, -0.05) is 12.1 Å². The number of nitrogens with two attached hydrogens (primary N) is 2. The number of rotatable bonds is 15. The van der Waals surface area contributed by atoms with Gasteiger partial charge < -0.3 is 47.8 Å². The third-order valence-corrected chi connectivity index (χ3v) is 5.10. The number of amides is 4. The summed E-state index contributed by atoms with van der Waals surface area (Å²) >= 11 is 0. The van der Waals surface area contributed by atoms with Gasteiger partial charge in [0.2, 0.25) is 23.6 Å². The topological polar surface area (TPSA) is 271 Å². The van der Waals surface area contributed by atoms with E-state index in [9.17, 15) is 44.1 Å². The van der Waals surface area contributed by atoms with Gasteiger partial charge >= 0.3 is 11.9 Å². The van der Waals surface area contributed by atoms with E-state index in [2.05, 4.69) is 16.0 Å². The zero-order valence-corrected chi connectivity index (χ0v) is 19.9. The van der Waals surface area contributed by atoms with Gasteiger partial charge in [0.05, 0.1) is 18.6 Å². The van der Waals surface area contributed by atoms with Crippen LogP contribution < -0.4 is 27.4 Å². The Labute approximate surface area is 211 Å². The Morgan fingerprint density at radius 1 is 0.892 bits per heavy atom. The smallest absolute Gasteiger partial charge is 0.326 e. The van der Waals surface area contributed by atoms with Gasteiger partial charge in [-0.3, -0.25) is 24.0 Å². The molecule has 15 nitrogen and oxygen atoms in total. The lowest BCUT2D eigenvalue weighted by atomic mass is 10.0. The van der Waals surface area contributed by atoms with Crippen LogP contribution in [0.15, 0.2) is 24.3 Å². The molecular formula is C22H31N5O10. The number of phenolic OH excluding ortho intramolecular Hbond substituents is 1. The van der Waals surface area contributed by atoms with E-state index in [4.69, 9.17) is 16.6 Å². The van der Waals surface area contributed by atoms with Gasteiger partial charge in [-0.25, -0.2) is 4.79 Å². The van der Waals surface area contributed by atoms with Crippen molar-refractivity contribution in [1.29, 1.82) is 0 Å². The number of hydrogen-bond donors (Lipinski definition) is 9. The Bertz CT molecular complexity index is 998. The lowest BCUT2D eigenvalue weighted by molar-refractivity contribution is -0.143. The number of primary amides is 1. The molecule has 0 saturated carbocycles. The predicted octanol–water partition coefficient (Wildman–Crippen LogP) is -3.08. The van der Waals surface area contributed by atoms with E-state index in [1.807, 2.05) is 0 Å². The number of hydrogen-bond acceptors (Lipinski definition) is 9. The van der Waals surface area contributed by atoms with E-state index < -0.39 is 72.3 Å². The fraction of sp³-hybridized carbons (Fsp3) is 0.455. The Morgan fingerprint density at radius 3 is 1.95 bits per heavy atom. The first kappa shape index (κ1) is 30.8. The Morgan fingerprint density at radius 2 is 1.46 bits per heavy atom. The van der Waals surface area contributed by atoms with Crippen LogP contribution >= 0.6 is 0 Å². The zero-order valence-electron chi connectivity index (χ0n) is 19.9. The molecule has 0 spiro atoms. The minimum absolute atomic E-state index is 0.0431. The summed E-state index contributed by atoms with van der Waals surface area (Å²) in [6.07, 6.45) is -3.15. The molecule has 4 amide bonds. The molecule has 1 aromatic carbocycles. The van der Waals surface area contributed by atoms with Crippen molar-refractivity contribution in [3.05, 3.63) is 29.8 Å². The van der Waals surface area contributed by atoms with E-state index in [0.717, 1.165) is 6.92 Å². The van der Waals surface area contributed by atoms with Crippen LogP contribution in [0.2, 0.25) is 0 Å². The monoisotopic (exact) mass is 525 g/mol. The average molecular weight is 526 g/mol. The molecular weight excluding hydrogens is 494 g/mol. The van der Waals surface area contributed by atoms with Crippen LogP contribution in [-0.4, -0.2) is 86.3 Å². The number of nitrogens with one attached hydrogen (secondary N) is 3. The summed E-state index contributed by atoms with van der Waals surface area (Å²) < 4.78 is 0. The molecule has 0 radical (unpaired) electrons. The molecule has 1 aromatic rings. The Hall–Kier alpha value is -4.24. The largest absolute Gasteiger partial charge is 0.508 e. The van der Waals surface area contributed by atoms with Gasteiger partial charge in [-0.05, 0) is 31.0 Å². The van der Waals surface area contributed by atoms with Crippen molar-refractivity contribution in [2.45, 2.75) is 62.9 Å². The molecule has 5 unspecified atom stereocenters. The zero-order chi connectivity index (χ0) is 28.3. The maximum Gasteiger partial charge on any atom is 0.326 e. The minimum Gasteiger partial charge on any atom is -0.508 e. The van der Waals surface area contributed by atoms with E-state index >= 15 is 0 Å². The van der Waals surface area contributed by atoms with Crippen molar-refractivity contribution in [3.63, 3.8) is 0 Å². The highest BCUT2D eigenvalue weighted by Crippen LogP contribution is 2.12. The lowest BCUT2D eigenvalue weighted by Gasteiger charge is -2.26. The summed E-state index contributed by atoms with van der Waals surface area (Å²) in [5.74, 6) is -6.75. The molecule has 5 atom stereocenters. The quantitative estimate of drug-likeness (QED) is 0.111. The number of phenols is 1. The molecule has 0 aliphatic heterocycles. The summed E-state index contributed by atoms with van der Waals surface area (Å²) in [7, 11) is 0. The highest BCUT2D eigenvalue weighted by Gasteiger charge is 2.33. The molecule has 37 heavy (non-hydrogen) atoms. The van der Waals surface area contributed by atoms with Gasteiger partial charge in [0, 0.05) is 12.8 Å². The number of carbonyl (C=O) groups excluding carboxylic acids is 4. The second-order valence-electron chi connectivity index (χ2n) is 8.27. The molecule has 15 heteroatoms. The van der Waals surface area contributed by atoms with Gasteiger partial charge in [-0.15, -0.1) is 0 Å². The van der Waals surface area contributed by atoms with Gasteiger partial charge in [0.25, 0.3) is 0 Å². The van der Waals surface area contributed by atoms with Crippen molar-refractivity contribution in [1.82, 2.24) is 16.0 Å². The summed E-state index contributed by atoms with van der Waals surface area (Å²) in [6.45, 7) is 1.15. The fourth-order valence-corrected chi connectivity index (χ4v) is 3.10. The van der Waals surface area contributed by atoms with E-state index in [1.54, 1.807) is 0 Å². The normalized spacial score (nSPS) is 14.8. The van der Waals surface area contributed by atoms with Crippen LogP contribution in [-0.2, 0) is 35.2 Å². The Balaban J connectivity index is 3.00. The molecule has 0 heterocycles. The van der Waals surface area contributed by atoms with Crippen LogP contribution in [0.3, 0.4) is 0 Å². The number of carbonyl (C=O) groups is 6. The number of aliphatic hydroxyl groups excluding tert-OH is 1. The maximum absolute atomic E-state index is 12.8. The van der Waals surface area contributed by atoms with Crippen LogP contribution in [0, 0.1) is 0 Å². The first-order valence-corrected chi connectivity index (χ1v) is 11.1. The third kappa shape index (κ3) is 10.9. The van der Waals surface area contributed by atoms with E-state index in [-0.39, 0.29) is 25.0 Å². The fourth-order valence-electron chi connectivity index (χ4n) is 3.10. The maximum atomic E-state index is 12.8. The molecule has 0 fully saturated rings. The van der Waals surface area contributed by atoms with Crippen molar-refractivity contribution < 1.29 is 49.2 Å². The molecule has 1 rings (SSSR count).